The highest BCUT2D eigenvalue weighted by atomic mass is 19.1. The number of methoxy groups -OCH3 is 1. The first kappa shape index (κ1) is 12.4. The zero-order valence-electron chi connectivity index (χ0n) is 10.4. The van der Waals surface area contributed by atoms with E-state index in [0.29, 0.717) is 18.0 Å². The largest absolute Gasteiger partial charge is 0.497 e. The van der Waals surface area contributed by atoms with Crippen LogP contribution in [0.3, 0.4) is 0 Å². The zero-order chi connectivity index (χ0) is 13.0. The SMILES string of the molecule is COc1cc(F)cc(NCc2ncccc2C)c1. The van der Waals surface area contributed by atoms with Gasteiger partial charge in [-0.3, -0.25) is 4.98 Å². The highest BCUT2D eigenvalue weighted by Crippen LogP contribution is 2.20. The fourth-order valence-corrected chi connectivity index (χ4v) is 1.67. The Balaban J connectivity index is 2.11. The van der Waals surface area contributed by atoms with Gasteiger partial charge in [0, 0.05) is 24.0 Å². The summed E-state index contributed by atoms with van der Waals surface area (Å²) in [5.74, 6) is 0.171. The molecular formula is C14H15FN2O. The molecule has 0 atom stereocenters. The van der Waals surface area contributed by atoms with Crippen molar-refractivity contribution >= 4 is 5.69 Å². The number of nitrogens with zero attached hydrogens (tertiary/aromatic N) is 1. The summed E-state index contributed by atoms with van der Waals surface area (Å²) in [7, 11) is 1.52. The fraction of sp³-hybridized carbons (Fsp3) is 0.214. The smallest absolute Gasteiger partial charge is 0.128 e. The van der Waals surface area contributed by atoms with Crippen molar-refractivity contribution in [2.75, 3.05) is 12.4 Å². The molecule has 1 heterocycles. The van der Waals surface area contributed by atoms with Crippen molar-refractivity contribution in [3.63, 3.8) is 0 Å². The van der Waals surface area contributed by atoms with Crippen LogP contribution in [0.1, 0.15) is 11.3 Å². The van der Waals surface area contributed by atoms with Gasteiger partial charge in [-0.15, -0.1) is 0 Å². The van der Waals surface area contributed by atoms with Gasteiger partial charge >= 0.3 is 0 Å². The number of nitrogens with one attached hydrogen (secondary N) is 1. The number of hydrogen-bond donors (Lipinski definition) is 1. The number of benzene rings is 1. The molecule has 0 fully saturated rings. The molecule has 1 N–H and O–H groups in total. The van der Waals surface area contributed by atoms with Crippen LogP contribution in [0.15, 0.2) is 36.5 Å². The minimum atomic E-state index is -0.324. The van der Waals surface area contributed by atoms with Gasteiger partial charge in [0.05, 0.1) is 19.3 Å². The highest BCUT2D eigenvalue weighted by Gasteiger charge is 2.02. The topological polar surface area (TPSA) is 34.1 Å². The Kier molecular flexibility index (Phi) is 3.77. The zero-order valence-corrected chi connectivity index (χ0v) is 10.4. The second kappa shape index (κ2) is 5.49. The normalized spacial score (nSPS) is 10.2. The van der Waals surface area contributed by atoms with Crippen molar-refractivity contribution in [2.24, 2.45) is 0 Å². The van der Waals surface area contributed by atoms with Crippen molar-refractivity contribution in [3.8, 4) is 5.75 Å². The predicted molar refractivity (Wildman–Crippen MR) is 69.3 cm³/mol. The van der Waals surface area contributed by atoms with Crippen LogP contribution < -0.4 is 10.1 Å². The first-order valence-electron chi connectivity index (χ1n) is 5.68. The Morgan fingerprint density at radius 3 is 2.89 bits per heavy atom. The van der Waals surface area contributed by atoms with E-state index in [9.17, 15) is 4.39 Å². The highest BCUT2D eigenvalue weighted by molar-refractivity contribution is 5.49. The van der Waals surface area contributed by atoms with Gasteiger partial charge < -0.3 is 10.1 Å². The first-order valence-corrected chi connectivity index (χ1v) is 5.68. The average molecular weight is 246 g/mol. The maximum Gasteiger partial charge on any atom is 0.128 e. The number of aromatic nitrogens is 1. The summed E-state index contributed by atoms with van der Waals surface area (Å²) in [6.45, 7) is 2.55. The first-order chi connectivity index (χ1) is 8.69. The van der Waals surface area contributed by atoms with Gasteiger partial charge in [0.15, 0.2) is 0 Å². The van der Waals surface area contributed by atoms with Crippen LogP contribution in [0.2, 0.25) is 0 Å². The third-order valence-electron chi connectivity index (χ3n) is 2.68. The number of pyridine rings is 1. The minimum absolute atomic E-state index is 0.324. The van der Waals surface area contributed by atoms with Crippen molar-refractivity contribution < 1.29 is 9.13 Å². The lowest BCUT2D eigenvalue weighted by molar-refractivity contribution is 0.411. The molecule has 0 saturated carbocycles. The number of anilines is 1. The molecule has 1 aromatic carbocycles. The van der Waals surface area contributed by atoms with E-state index in [4.69, 9.17) is 4.74 Å². The lowest BCUT2D eigenvalue weighted by atomic mass is 10.2. The molecular weight excluding hydrogens is 231 g/mol. The molecule has 0 saturated heterocycles. The van der Waals surface area contributed by atoms with Crippen molar-refractivity contribution in [1.29, 1.82) is 0 Å². The fourth-order valence-electron chi connectivity index (χ4n) is 1.67. The quantitative estimate of drug-likeness (QED) is 0.899. The molecule has 0 aliphatic rings. The predicted octanol–water partition coefficient (Wildman–Crippen LogP) is 3.15. The maximum absolute atomic E-state index is 13.3. The molecule has 3 nitrogen and oxygen atoms in total. The van der Waals surface area contributed by atoms with Gasteiger partial charge in [-0.1, -0.05) is 6.07 Å². The van der Waals surface area contributed by atoms with Crippen molar-refractivity contribution in [1.82, 2.24) is 4.98 Å². The second-order valence-corrected chi connectivity index (χ2v) is 4.00. The Bertz CT molecular complexity index is 543. The van der Waals surface area contributed by atoms with Crippen LogP contribution in [0.5, 0.6) is 5.75 Å². The van der Waals surface area contributed by atoms with Crippen LogP contribution >= 0.6 is 0 Å². The van der Waals surface area contributed by atoms with E-state index in [1.165, 1.54) is 19.2 Å². The third kappa shape index (κ3) is 2.97. The molecule has 18 heavy (non-hydrogen) atoms. The van der Waals surface area contributed by atoms with E-state index in [-0.39, 0.29) is 5.82 Å². The average Bonchev–Trinajstić information content (AvgIpc) is 2.37. The lowest BCUT2D eigenvalue weighted by Crippen LogP contribution is -2.03. The molecule has 1 aromatic heterocycles. The van der Waals surface area contributed by atoms with E-state index >= 15 is 0 Å². The summed E-state index contributed by atoms with van der Waals surface area (Å²) >= 11 is 0. The number of hydrogen-bond acceptors (Lipinski definition) is 3. The van der Waals surface area contributed by atoms with Crippen LogP contribution in [-0.2, 0) is 6.54 Å². The summed E-state index contributed by atoms with van der Waals surface area (Å²) in [5, 5.41) is 3.13. The van der Waals surface area contributed by atoms with Crippen LogP contribution in [-0.4, -0.2) is 12.1 Å². The minimum Gasteiger partial charge on any atom is -0.497 e. The van der Waals surface area contributed by atoms with E-state index in [0.717, 1.165) is 11.3 Å². The Labute approximate surface area is 106 Å². The van der Waals surface area contributed by atoms with Gasteiger partial charge in [-0.2, -0.15) is 0 Å². The van der Waals surface area contributed by atoms with E-state index in [2.05, 4.69) is 10.3 Å². The molecule has 0 radical (unpaired) electrons. The summed E-state index contributed by atoms with van der Waals surface area (Å²) in [5.41, 5.74) is 2.73. The molecule has 2 aromatic rings. The second-order valence-electron chi connectivity index (χ2n) is 4.00. The molecule has 0 aliphatic heterocycles. The number of halogens is 1. The number of aryl methyl sites for hydroxylation is 1. The van der Waals surface area contributed by atoms with Crippen LogP contribution in [0, 0.1) is 12.7 Å². The van der Waals surface area contributed by atoms with Gasteiger partial charge in [0.25, 0.3) is 0 Å². The van der Waals surface area contributed by atoms with Gasteiger partial charge in [-0.05, 0) is 24.6 Å². The lowest BCUT2D eigenvalue weighted by Gasteiger charge is -2.09. The molecule has 0 unspecified atom stereocenters. The molecule has 0 amide bonds. The standard InChI is InChI=1S/C14H15FN2O/c1-10-4-3-5-16-14(10)9-17-12-6-11(15)7-13(8-12)18-2/h3-8,17H,9H2,1-2H3. The van der Waals surface area contributed by atoms with Gasteiger partial charge in [-0.25, -0.2) is 4.39 Å². The van der Waals surface area contributed by atoms with Crippen molar-refractivity contribution in [2.45, 2.75) is 13.5 Å². The summed E-state index contributed by atoms with van der Waals surface area (Å²) in [6.07, 6.45) is 1.75. The van der Waals surface area contributed by atoms with Crippen molar-refractivity contribution in [3.05, 3.63) is 53.6 Å². The molecule has 0 aliphatic carbocycles. The third-order valence-corrected chi connectivity index (χ3v) is 2.68. The number of ether oxygens (including phenoxy) is 1. The molecule has 0 spiro atoms. The summed E-state index contributed by atoms with van der Waals surface area (Å²) < 4.78 is 18.3. The molecule has 0 bridgehead atoms. The Morgan fingerprint density at radius 1 is 1.33 bits per heavy atom. The molecule has 4 heteroatoms. The van der Waals surface area contributed by atoms with E-state index in [1.807, 2.05) is 19.1 Å². The Hall–Kier alpha value is -2.10. The maximum atomic E-state index is 13.3. The van der Waals surface area contributed by atoms with E-state index in [1.54, 1.807) is 12.3 Å². The van der Waals surface area contributed by atoms with Crippen LogP contribution in [0.4, 0.5) is 10.1 Å². The Morgan fingerprint density at radius 2 is 2.17 bits per heavy atom. The monoisotopic (exact) mass is 246 g/mol. The van der Waals surface area contributed by atoms with Gasteiger partial charge in [0.1, 0.15) is 11.6 Å². The summed E-state index contributed by atoms with van der Waals surface area (Å²) in [4.78, 5) is 4.27. The molecule has 94 valence electrons. The molecule has 2 rings (SSSR count). The summed E-state index contributed by atoms with van der Waals surface area (Å²) in [6, 6.07) is 8.42. The van der Waals surface area contributed by atoms with Gasteiger partial charge in [0.2, 0.25) is 0 Å². The number of rotatable bonds is 4. The van der Waals surface area contributed by atoms with E-state index < -0.39 is 0 Å². The van der Waals surface area contributed by atoms with Crippen LogP contribution in [0.25, 0.3) is 0 Å².